The SMILES string of the molecule is CCOc1ccccc1N=Cc1cc2c(cc1F)N(CC)C(C)(C)CC2C. The molecule has 0 radical (unpaired) electrons. The molecule has 1 aliphatic heterocycles. The van der Waals surface area contributed by atoms with E-state index in [1.165, 1.54) is 5.56 Å². The number of rotatable bonds is 5. The van der Waals surface area contributed by atoms with Crippen LogP contribution < -0.4 is 9.64 Å². The van der Waals surface area contributed by atoms with Crippen molar-refractivity contribution >= 4 is 17.6 Å². The molecule has 0 saturated heterocycles. The summed E-state index contributed by atoms with van der Waals surface area (Å²) in [6, 6.07) is 11.2. The normalized spacial score (nSPS) is 18.6. The maximum absolute atomic E-state index is 14.9. The average molecular weight is 368 g/mol. The smallest absolute Gasteiger partial charge is 0.144 e. The number of nitrogens with zero attached hydrogens (tertiary/aromatic N) is 2. The Hall–Kier alpha value is -2.36. The van der Waals surface area contributed by atoms with Gasteiger partial charge in [0.15, 0.2) is 0 Å². The number of benzene rings is 2. The van der Waals surface area contributed by atoms with Crippen LogP contribution in [0.3, 0.4) is 0 Å². The van der Waals surface area contributed by atoms with Gasteiger partial charge in [0, 0.05) is 29.5 Å². The fraction of sp³-hybridized carbons (Fsp3) is 0.435. The Balaban J connectivity index is 1.99. The Bertz CT molecular complexity index is 844. The Morgan fingerprint density at radius 2 is 2.00 bits per heavy atom. The van der Waals surface area contributed by atoms with Crippen molar-refractivity contribution in [1.82, 2.24) is 0 Å². The molecule has 3 nitrogen and oxygen atoms in total. The standard InChI is InChI=1S/C23H29FN2O/c1-6-26-21-13-19(24)17(12-18(21)16(3)14-23(26,4)5)15-25-20-10-8-9-11-22(20)27-7-2/h8-13,15-16H,6-7,14H2,1-5H3. The second kappa shape index (κ2) is 7.71. The molecule has 0 aliphatic carbocycles. The van der Waals surface area contributed by atoms with Crippen LogP contribution in [0.1, 0.15) is 58.1 Å². The zero-order valence-electron chi connectivity index (χ0n) is 16.9. The van der Waals surface area contributed by atoms with Gasteiger partial charge in [0.2, 0.25) is 0 Å². The van der Waals surface area contributed by atoms with Gasteiger partial charge in [-0.1, -0.05) is 19.1 Å². The van der Waals surface area contributed by atoms with Crippen molar-refractivity contribution in [2.45, 2.75) is 52.5 Å². The lowest BCUT2D eigenvalue weighted by atomic mass is 9.79. The molecule has 0 amide bonds. The van der Waals surface area contributed by atoms with E-state index in [0.29, 0.717) is 29.5 Å². The van der Waals surface area contributed by atoms with E-state index in [-0.39, 0.29) is 11.4 Å². The van der Waals surface area contributed by atoms with E-state index in [0.717, 1.165) is 18.7 Å². The number of ether oxygens (including phenoxy) is 1. The van der Waals surface area contributed by atoms with Crippen LogP contribution in [-0.4, -0.2) is 24.9 Å². The molecule has 0 bridgehead atoms. The summed E-state index contributed by atoms with van der Waals surface area (Å²) in [5.74, 6) is 0.845. The zero-order valence-corrected chi connectivity index (χ0v) is 16.9. The van der Waals surface area contributed by atoms with Gasteiger partial charge in [-0.05, 0) is 69.9 Å². The van der Waals surface area contributed by atoms with Gasteiger partial charge in [0.25, 0.3) is 0 Å². The van der Waals surface area contributed by atoms with Crippen molar-refractivity contribution < 1.29 is 9.13 Å². The number of hydrogen-bond donors (Lipinski definition) is 0. The van der Waals surface area contributed by atoms with Crippen molar-refractivity contribution in [2.75, 3.05) is 18.1 Å². The topological polar surface area (TPSA) is 24.8 Å². The first-order valence-electron chi connectivity index (χ1n) is 9.74. The number of para-hydroxylation sites is 2. The molecule has 144 valence electrons. The van der Waals surface area contributed by atoms with Crippen molar-refractivity contribution in [1.29, 1.82) is 0 Å². The summed E-state index contributed by atoms with van der Waals surface area (Å²) < 4.78 is 20.5. The second-order valence-electron chi connectivity index (χ2n) is 7.75. The van der Waals surface area contributed by atoms with E-state index in [1.54, 1.807) is 12.3 Å². The molecule has 27 heavy (non-hydrogen) atoms. The molecule has 0 saturated carbocycles. The summed E-state index contributed by atoms with van der Waals surface area (Å²) in [6.45, 7) is 12.2. The van der Waals surface area contributed by atoms with Gasteiger partial charge in [-0.2, -0.15) is 0 Å². The van der Waals surface area contributed by atoms with Crippen LogP contribution in [0.25, 0.3) is 0 Å². The van der Waals surface area contributed by atoms with Gasteiger partial charge in [-0.3, -0.25) is 4.99 Å². The molecule has 1 unspecified atom stereocenters. The highest BCUT2D eigenvalue weighted by Crippen LogP contribution is 2.43. The highest BCUT2D eigenvalue weighted by molar-refractivity contribution is 5.85. The van der Waals surface area contributed by atoms with Gasteiger partial charge < -0.3 is 9.64 Å². The lowest BCUT2D eigenvalue weighted by Gasteiger charge is -2.47. The molecule has 2 aromatic carbocycles. The predicted molar refractivity (Wildman–Crippen MR) is 111 cm³/mol. The predicted octanol–water partition coefficient (Wildman–Crippen LogP) is 6.09. The Morgan fingerprint density at radius 1 is 1.26 bits per heavy atom. The molecule has 1 heterocycles. The van der Waals surface area contributed by atoms with E-state index in [1.807, 2.05) is 37.3 Å². The summed E-state index contributed by atoms with van der Waals surface area (Å²) in [6.07, 6.45) is 2.65. The Morgan fingerprint density at radius 3 is 2.70 bits per heavy atom. The lowest BCUT2D eigenvalue weighted by Crippen LogP contribution is -2.48. The van der Waals surface area contributed by atoms with Crippen LogP contribution in [-0.2, 0) is 0 Å². The van der Waals surface area contributed by atoms with E-state index in [4.69, 9.17) is 4.74 Å². The highest BCUT2D eigenvalue weighted by atomic mass is 19.1. The van der Waals surface area contributed by atoms with Crippen LogP contribution in [0.5, 0.6) is 5.75 Å². The number of halogens is 1. The van der Waals surface area contributed by atoms with Crippen LogP contribution in [0.4, 0.5) is 15.8 Å². The van der Waals surface area contributed by atoms with Gasteiger partial charge in [0.1, 0.15) is 17.3 Å². The van der Waals surface area contributed by atoms with Crippen LogP contribution >= 0.6 is 0 Å². The van der Waals surface area contributed by atoms with Crippen molar-refractivity contribution in [3.05, 3.63) is 53.3 Å². The maximum Gasteiger partial charge on any atom is 0.144 e. The molecule has 0 N–H and O–H groups in total. The highest BCUT2D eigenvalue weighted by Gasteiger charge is 2.36. The van der Waals surface area contributed by atoms with Gasteiger partial charge in [-0.25, -0.2) is 4.39 Å². The zero-order chi connectivity index (χ0) is 19.6. The minimum absolute atomic E-state index is 0.0274. The van der Waals surface area contributed by atoms with E-state index in [2.05, 4.69) is 37.6 Å². The summed E-state index contributed by atoms with van der Waals surface area (Å²) >= 11 is 0. The number of anilines is 1. The molecule has 4 heteroatoms. The lowest BCUT2D eigenvalue weighted by molar-refractivity contribution is 0.341. The number of aliphatic imine (C=N–C) groups is 1. The first-order chi connectivity index (χ1) is 12.9. The quantitative estimate of drug-likeness (QED) is 0.597. The van der Waals surface area contributed by atoms with Crippen molar-refractivity contribution in [3.63, 3.8) is 0 Å². The van der Waals surface area contributed by atoms with Gasteiger partial charge in [-0.15, -0.1) is 0 Å². The Kier molecular flexibility index (Phi) is 5.54. The number of hydrogen-bond acceptors (Lipinski definition) is 3. The third-order valence-corrected chi connectivity index (χ3v) is 5.33. The Labute approximate surface area is 161 Å². The molecule has 1 aliphatic rings. The van der Waals surface area contributed by atoms with Crippen LogP contribution in [0.2, 0.25) is 0 Å². The van der Waals surface area contributed by atoms with E-state index < -0.39 is 0 Å². The molecule has 0 aromatic heterocycles. The minimum Gasteiger partial charge on any atom is -0.492 e. The fourth-order valence-corrected chi connectivity index (χ4v) is 4.20. The third kappa shape index (κ3) is 3.85. The van der Waals surface area contributed by atoms with E-state index in [9.17, 15) is 4.39 Å². The third-order valence-electron chi connectivity index (χ3n) is 5.33. The largest absolute Gasteiger partial charge is 0.492 e. The summed E-state index contributed by atoms with van der Waals surface area (Å²) in [5, 5.41) is 0. The van der Waals surface area contributed by atoms with E-state index >= 15 is 0 Å². The molecule has 1 atom stereocenters. The monoisotopic (exact) mass is 368 g/mol. The average Bonchev–Trinajstić information content (AvgIpc) is 2.61. The fourth-order valence-electron chi connectivity index (χ4n) is 4.20. The molecule has 0 fully saturated rings. The van der Waals surface area contributed by atoms with Crippen LogP contribution in [0, 0.1) is 5.82 Å². The summed E-state index contributed by atoms with van der Waals surface area (Å²) in [4.78, 5) is 6.80. The molecule has 0 spiro atoms. The second-order valence-corrected chi connectivity index (χ2v) is 7.75. The van der Waals surface area contributed by atoms with Gasteiger partial charge >= 0.3 is 0 Å². The molecule has 3 rings (SSSR count). The van der Waals surface area contributed by atoms with Crippen molar-refractivity contribution in [2.24, 2.45) is 4.99 Å². The number of fused-ring (bicyclic) bond motifs is 1. The molecular weight excluding hydrogens is 339 g/mol. The van der Waals surface area contributed by atoms with Gasteiger partial charge in [0.05, 0.1) is 6.61 Å². The first kappa shape index (κ1) is 19.4. The summed E-state index contributed by atoms with van der Waals surface area (Å²) in [5.41, 5.74) is 3.45. The molecule has 2 aromatic rings. The minimum atomic E-state index is -0.241. The van der Waals surface area contributed by atoms with Crippen molar-refractivity contribution in [3.8, 4) is 5.75 Å². The first-order valence-corrected chi connectivity index (χ1v) is 9.74. The van der Waals surface area contributed by atoms with Crippen LogP contribution in [0.15, 0.2) is 41.4 Å². The molecular formula is C23H29FN2O. The summed E-state index contributed by atoms with van der Waals surface area (Å²) in [7, 11) is 0. The maximum atomic E-state index is 14.9.